The lowest BCUT2D eigenvalue weighted by Crippen LogP contribution is -2.24. The van der Waals surface area contributed by atoms with Crippen molar-refractivity contribution in [1.29, 1.82) is 0 Å². The summed E-state index contributed by atoms with van der Waals surface area (Å²) in [5.41, 5.74) is 5.20. The van der Waals surface area contributed by atoms with Crippen LogP contribution in [0.2, 0.25) is 0 Å². The molecule has 0 saturated carbocycles. The number of rotatable bonds is 5. The van der Waals surface area contributed by atoms with Gasteiger partial charge in [-0.2, -0.15) is 10.2 Å². The van der Waals surface area contributed by atoms with E-state index in [9.17, 15) is 4.79 Å². The highest BCUT2D eigenvalue weighted by molar-refractivity contribution is 6.41. The maximum atomic E-state index is 11.8. The number of hydrogen-bond acceptors (Lipinski definition) is 3. The Morgan fingerprint density at radius 1 is 1.36 bits per heavy atom. The topological polar surface area (TPSA) is 59.3 Å². The van der Waals surface area contributed by atoms with Gasteiger partial charge >= 0.3 is 0 Å². The molecule has 0 unspecified atom stereocenters. The Bertz CT molecular complexity index is 704. The molecule has 0 radical (unpaired) electrons. The standard InChI is InChI=1S/C16H17ClN4O/c1-12-8-13(2)21(20-12)11-16(22)19-18-10-15(17)9-14-6-4-3-5-7-14/h3-10H,11H2,1-2H3,(H,19,22)/b15-9-,18-10+. The molecule has 22 heavy (non-hydrogen) atoms. The number of amides is 1. The molecule has 1 heterocycles. The summed E-state index contributed by atoms with van der Waals surface area (Å²) in [4.78, 5) is 11.8. The fraction of sp³-hybridized carbons (Fsp3) is 0.188. The Balaban J connectivity index is 1.88. The van der Waals surface area contributed by atoms with Crippen LogP contribution in [-0.2, 0) is 11.3 Å². The highest BCUT2D eigenvalue weighted by atomic mass is 35.5. The second-order valence-corrected chi connectivity index (χ2v) is 5.25. The van der Waals surface area contributed by atoms with Crippen LogP contribution in [0.5, 0.6) is 0 Å². The first kappa shape index (κ1) is 16.0. The molecule has 0 atom stereocenters. The number of benzene rings is 1. The van der Waals surface area contributed by atoms with E-state index in [4.69, 9.17) is 11.6 Å². The third-order valence-corrected chi connectivity index (χ3v) is 3.08. The number of hydrogen-bond donors (Lipinski definition) is 1. The number of nitrogens with zero attached hydrogens (tertiary/aromatic N) is 3. The summed E-state index contributed by atoms with van der Waals surface area (Å²) >= 11 is 6.03. The minimum Gasteiger partial charge on any atom is -0.271 e. The first-order chi connectivity index (χ1) is 10.5. The summed E-state index contributed by atoms with van der Waals surface area (Å²) in [7, 11) is 0. The number of allylic oxidation sites excluding steroid dienone is 1. The summed E-state index contributed by atoms with van der Waals surface area (Å²) in [5, 5.41) is 8.48. The van der Waals surface area contributed by atoms with Crippen LogP contribution in [0.25, 0.3) is 6.08 Å². The zero-order chi connectivity index (χ0) is 15.9. The molecular formula is C16H17ClN4O. The highest BCUT2D eigenvalue weighted by Gasteiger charge is 2.05. The average Bonchev–Trinajstić information content (AvgIpc) is 2.77. The first-order valence-corrected chi connectivity index (χ1v) is 7.17. The molecule has 1 N–H and O–H groups in total. The third-order valence-electron chi connectivity index (χ3n) is 2.88. The lowest BCUT2D eigenvalue weighted by molar-refractivity contribution is -0.121. The predicted molar refractivity (Wildman–Crippen MR) is 88.6 cm³/mol. The van der Waals surface area contributed by atoms with Gasteiger partial charge in [0.2, 0.25) is 0 Å². The van der Waals surface area contributed by atoms with Gasteiger partial charge in [-0.25, -0.2) is 5.43 Å². The van der Waals surface area contributed by atoms with Crippen molar-refractivity contribution in [2.75, 3.05) is 0 Å². The molecule has 2 aromatic rings. The van der Waals surface area contributed by atoms with Gasteiger partial charge in [0.15, 0.2) is 0 Å². The van der Waals surface area contributed by atoms with Crippen LogP contribution in [0.3, 0.4) is 0 Å². The van der Waals surface area contributed by atoms with Crippen LogP contribution in [0, 0.1) is 13.8 Å². The predicted octanol–water partition coefficient (Wildman–Crippen LogP) is 2.88. The maximum absolute atomic E-state index is 11.8. The molecule has 5 nitrogen and oxygen atoms in total. The van der Waals surface area contributed by atoms with Crippen molar-refractivity contribution in [2.45, 2.75) is 20.4 Å². The molecule has 0 aliphatic heterocycles. The van der Waals surface area contributed by atoms with Gasteiger partial charge in [-0.3, -0.25) is 9.48 Å². The van der Waals surface area contributed by atoms with Crippen LogP contribution in [0.15, 0.2) is 46.5 Å². The Hall–Kier alpha value is -2.40. The number of hydrazone groups is 1. The van der Waals surface area contributed by atoms with E-state index in [2.05, 4.69) is 15.6 Å². The zero-order valence-electron chi connectivity index (χ0n) is 12.5. The van der Waals surface area contributed by atoms with Crippen LogP contribution >= 0.6 is 11.6 Å². The summed E-state index contributed by atoms with van der Waals surface area (Å²) in [6.07, 6.45) is 3.16. The molecule has 2 rings (SSSR count). The summed E-state index contributed by atoms with van der Waals surface area (Å²) < 4.78 is 1.63. The second-order valence-electron chi connectivity index (χ2n) is 4.82. The van der Waals surface area contributed by atoms with Gasteiger partial charge in [0.05, 0.1) is 16.9 Å². The minimum atomic E-state index is -0.258. The molecule has 0 fully saturated rings. The fourth-order valence-corrected chi connectivity index (χ4v) is 2.09. The molecular weight excluding hydrogens is 300 g/mol. The van der Waals surface area contributed by atoms with Crippen molar-refractivity contribution < 1.29 is 4.79 Å². The summed E-state index contributed by atoms with van der Waals surface area (Å²) in [6.45, 7) is 3.90. The third kappa shape index (κ3) is 4.86. The number of aryl methyl sites for hydroxylation is 2. The number of halogens is 1. The van der Waals surface area contributed by atoms with E-state index in [1.54, 1.807) is 10.8 Å². The fourth-order valence-electron chi connectivity index (χ4n) is 1.92. The number of carbonyl (C=O) groups excluding carboxylic acids is 1. The number of carbonyl (C=O) groups is 1. The Kier molecular flexibility index (Phi) is 5.49. The van der Waals surface area contributed by atoms with Gasteiger partial charge in [0, 0.05) is 5.69 Å². The Labute approximate surface area is 134 Å². The maximum Gasteiger partial charge on any atom is 0.261 e. The number of aromatic nitrogens is 2. The van der Waals surface area contributed by atoms with E-state index in [1.165, 1.54) is 6.21 Å². The van der Waals surface area contributed by atoms with Gasteiger partial charge in [0.1, 0.15) is 6.54 Å². The summed E-state index contributed by atoms with van der Waals surface area (Å²) in [6, 6.07) is 11.5. The molecule has 1 aromatic heterocycles. The van der Waals surface area contributed by atoms with E-state index in [-0.39, 0.29) is 12.5 Å². The Morgan fingerprint density at radius 3 is 2.73 bits per heavy atom. The largest absolute Gasteiger partial charge is 0.271 e. The SMILES string of the molecule is Cc1cc(C)n(CC(=O)N/N=C/C(Cl)=C/c2ccccc2)n1. The molecule has 1 amide bonds. The lowest BCUT2D eigenvalue weighted by Gasteiger charge is -2.02. The molecule has 1 aromatic carbocycles. The molecule has 0 aliphatic rings. The molecule has 0 aliphatic carbocycles. The Morgan fingerprint density at radius 2 is 2.09 bits per heavy atom. The lowest BCUT2D eigenvalue weighted by atomic mass is 10.2. The minimum absolute atomic E-state index is 0.122. The van der Waals surface area contributed by atoms with Gasteiger partial charge in [-0.1, -0.05) is 41.9 Å². The molecule has 0 saturated heterocycles. The van der Waals surface area contributed by atoms with E-state index in [0.29, 0.717) is 5.03 Å². The van der Waals surface area contributed by atoms with Gasteiger partial charge in [-0.15, -0.1) is 0 Å². The van der Waals surface area contributed by atoms with Crippen molar-refractivity contribution in [2.24, 2.45) is 5.10 Å². The van der Waals surface area contributed by atoms with Crippen LogP contribution in [0.1, 0.15) is 17.0 Å². The van der Waals surface area contributed by atoms with E-state index in [1.807, 2.05) is 50.2 Å². The molecule has 0 bridgehead atoms. The second kappa shape index (κ2) is 7.56. The van der Waals surface area contributed by atoms with E-state index < -0.39 is 0 Å². The highest BCUT2D eigenvalue weighted by Crippen LogP contribution is 2.07. The molecule has 0 spiro atoms. The van der Waals surface area contributed by atoms with Crippen LogP contribution < -0.4 is 5.43 Å². The average molecular weight is 317 g/mol. The smallest absolute Gasteiger partial charge is 0.261 e. The van der Waals surface area contributed by atoms with Gasteiger partial charge in [0.25, 0.3) is 5.91 Å². The van der Waals surface area contributed by atoms with Crippen LogP contribution in [-0.4, -0.2) is 21.9 Å². The van der Waals surface area contributed by atoms with Crippen molar-refractivity contribution in [3.63, 3.8) is 0 Å². The monoisotopic (exact) mass is 316 g/mol. The zero-order valence-corrected chi connectivity index (χ0v) is 13.2. The van der Waals surface area contributed by atoms with Crippen molar-refractivity contribution in [1.82, 2.24) is 15.2 Å². The molecule has 6 heteroatoms. The van der Waals surface area contributed by atoms with Gasteiger partial charge in [-0.05, 0) is 31.6 Å². The van der Waals surface area contributed by atoms with Crippen LogP contribution in [0.4, 0.5) is 0 Å². The number of nitrogens with one attached hydrogen (secondary N) is 1. The quantitative estimate of drug-likeness (QED) is 0.681. The van der Waals surface area contributed by atoms with Crippen molar-refractivity contribution in [3.05, 3.63) is 58.4 Å². The first-order valence-electron chi connectivity index (χ1n) is 6.80. The molecule has 114 valence electrons. The van der Waals surface area contributed by atoms with Crippen molar-refractivity contribution >= 4 is 29.8 Å². The normalized spacial score (nSPS) is 11.9. The van der Waals surface area contributed by atoms with Crippen molar-refractivity contribution in [3.8, 4) is 0 Å². The van der Waals surface area contributed by atoms with E-state index in [0.717, 1.165) is 17.0 Å². The van der Waals surface area contributed by atoms with Gasteiger partial charge < -0.3 is 0 Å². The van der Waals surface area contributed by atoms with E-state index >= 15 is 0 Å². The summed E-state index contributed by atoms with van der Waals surface area (Å²) in [5.74, 6) is -0.258.